The van der Waals surface area contributed by atoms with E-state index in [-0.39, 0.29) is 27.0 Å². The van der Waals surface area contributed by atoms with E-state index in [1.54, 1.807) is 0 Å². The number of halogens is 1. The van der Waals surface area contributed by atoms with Crippen molar-refractivity contribution in [3.8, 4) is 23.0 Å². The highest BCUT2D eigenvalue weighted by Gasteiger charge is 2.19. The van der Waals surface area contributed by atoms with Gasteiger partial charge in [0.25, 0.3) is 0 Å². The molecule has 1 aromatic heterocycles. The number of methoxy groups -OCH3 is 1. The molecule has 0 amide bonds. The lowest BCUT2D eigenvalue weighted by molar-refractivity contribution is 0.370. The van der Waals surface area contributed by atoms with Gasteiger partial charge in [-0.25, -0.2) is 0 Å². The molecule has 0 radical (unpaired) electrons. The lowest BCUT2D eigenvalue weighted by Gasteiger charge is -2.08. The van der Waals surface area contributed by atoms with E-state index in [9.17, 15) is 20.1 Å². The van der Waals surface area contributed by atoms with Crippen molar-refractivity contribution in [3.63, 3.8) is 0 Å². The zero-order chi connectivity index (χ0) is 15.3. The summed E-state index contributed by atoms with van der Waals surface area (Å²) in [6, 6.07) is 3.83. The highest BCUT2D eigenvalue weighted by Crippen LogP contribution is 2.41. The van der Waals surface area contributed by atoms with Gasteiger partial charge in [0, 0.05) is 12.1 Å². The van der Waals surface area contributed by atoms with E-state index in [2.05, 4.69) is 0 Å². The van der Waals surface area contributed by atoms with E-state index in [0.717, 1.165) is 6.07 Å². The number of phenols is 3. The fourth-order valence-corrected chi connectivity index (χ4v) is 2.37. The van der Waals surface area contributed by atoms with E-state index < -0.39 is 22.7 Å². The van der Waals surface area contributed by atoms with Crippen molar-refractivity contribution in [1.82, 2.24) is 0 Å². The lowest BCUT2D eigenvalue weighted by atomic mass is 10.1. The van der Waals surface area contributed by atoms with Gasteiger partial charge in [-0.05, 0) is 6.07 Å². The Bertz CT molecular complexity index is 944. The summed E-state index contributed by atoms with van der Waals surface area (Å²) < 4.78 is 10.5. The van der Waals surface area contributed by atoms with Crippen LogP contribution in [-0.4, -0.2) is 22.4 Å². The average molecular weight is 309 g/mol. The molecule has 7 heteroatoms. The van der Waals surface area contributed by atoms with Crippen molar-refractivity contribution in [3.05, 3.63) is 33.4 Å². The quantitative estimate of drug-likeness (QED) is 0.472. The summed E-state index contributed by atoms with van der Waals surface area (Å²) in [7, 11) is 1.42. The van der Waals surface area contributed by atoms with Crippen LogP contribution in [-0.2, 0) is 0 Å². The van der Waals surface area contributed by atoms with Gasteiger partial charge in [0.2, 0.25) is 11.2 Å². The molecule has 21 heavy (non-hydrogen) atoms. The number of hydrogen-bond donors (Lipinski definition) is 3. The van der Waals surface area contributed by atoms with Crippen LogP contribution in [0.5, 0.6) is 23.0 Å². The van der Waals surface area contributed by atoms with Crippen LogP contribution in [0.2, 0.25) is 5.02 Å². The second-order valence-corrected chi connectivity index (χ2v) is 4.79. The predicted octanol–water partition coefficient (Wildman–Crippen LogP) is 2.73. The second kappa shape index (κ2) is 4.46. The van der Waals surface area contributed by atoms with E-state index >= 15 is 0 Å². The van der Waals surface area contributed by atoms with Crippen molar-refractivity contribution in [2.45, 2.75) is 0 Å². The first kappa shape index (κ1) is 13.4. The number of ether oxygens (including phenoxy) is 1. The molecule has 3 rings (SSSR count). The maximum absolute atomic E-state index is 12.4. The first-order chi connectivity index (χ1) is 9.93. The maximum Gasteiger partial charge on any atom is 0.204 e. The minimum absolute atomic E-state index is 0.0651. The molecule has 0 aliphatic carbocycles. The molecule has 0 fully saturated rings. The van der Waals surface area contributed by atoms with Crippen molar-refractivity contribution in [1.29, 1.82) is 0 Å². The van der Waals surface area contributed by atoms with Crippen LogP contribution in [0.15, 0.2) is 27.4 Å². The summed E-state index contributed by atoms with van der Waals surface area (Å²) in [6.07, 6.45) is 0. The Morgan fingerprint density at radius 2 is 1.81 bits per heavy atom. The van der Waals surface area contributed by atoms with Gasteiger partial charge >= 0.3 is 0 Å². The summed E-state index contributed by atoms with van der Waals surface area (Å²) in [5.41, 5.74) is -0.466. The first-order valence-corrected chi connectivity index (χ1v) is 6.19. The smallest absolute Gasteiger partial charge is 0.204 e. The predicted molar refractivity (Wildman–Crippen MR) is 76.5 cm³/mol. The van der Waals surface area contributed by atoms with Gasteiger partial charge in [-0.1, -0.05) is 11.6 Å². The zero-order valence-corrected chi connectivity index (χ0v) is 11.4. The van der Waals surface area contributed by atoms with Crippen molar-refractivity contribution < 1.29 is 24.5 Å². The van der Waals surface area contributed by atoms with Crippen molar-refractivity contribution in [2.24, 2.45) is 0 Å². The third-order valence-corrected chi connectivity index (χ3v) is 3.46. The summed E-state index contributed by atoms with van der Waals surface area (Å²) in [5, 5.41) is 28.9. The van der Waals surface area contributed by atoms with Crippen LogP contribution in [0.1, 0.15) is 0 Å². The van der Waals surface area contributed by atoms with Gasteiger partial charge in [-0.3, -0.25) is 4.79 Å². The average Bonchev–Trinajstić information content (AvgIpc) is 2.45. The molecule has 0 spiro atoms. The molecular formula is C14H9ClO6. The molecule has 2 aromatic carbocycles. The molecule has 6 nitrogen and oxygen atoms in total. The molecule has 0 atom stereocenters. The number of benzene rings is 2. The molecule has 1 heterocycles. The molecule has 0 saturated carbocycles. The van der Waals surface area contributed by atoms with Crippen LogP contribution in [0.3, 0.4) is 0 Å². The van der Waals surface area contributed by atoms with E-state index in [0.29, 0.717) is 5.75 Å². The van der Waals surface area contributed by atoms with E-state index in [1.165, 1.54) is 19.2 Å². The number of fused-ring (bicyclic) bond motifs is 2. The number of aromatic hydroxyl groups is 3. The van der Waals surface area contributed by atoms with E-state index in [4.69, 9.17) is 20.8 Å². The van der Waals surface area contributed by atoms with Gasteiger partial charge in [0.1, 0.15) is 22.3 Å². The SMILES string of the molecule is COc1cc2oc3cc(O)c(O)c(O)c3c(=O)c2cc1Cl. The minimum Gasteiger partial charge on any atom is -0.504 e. The van der Waals surface area contributed by atoms with Crippen LogP contribution in [0.4, 0.5) is 0 Å². The Labute approximate surface area is 122 Å². The highest BCUT2D eigenvalue weighted by molar-refractivity contribution is 6.32. The van der Waals surface area contributed by atoms with Crippen molar-refractivity contribution >= 4 is 33.5 Å². The van der Waals surface area contributed by atoms with E-state index in [1.807, 2.05) is 0 Å². The first-order valence-electron chi connectivity index (χ1n) is 5.82. The Hall–Kier alpha value is -2.60. The highest BCUT2D eigenvalue weighted by atomic mass is 35.5. The second-order valence-electron chi connectivity index (χ2n) is 4.38. The van der Waals surface area contributed by atoms with Crippen LogP contribution in [0.25, 0.3) is 21.9 Å². The molecule has 0 unspecified atom stereocenters. The van der Waals surface area contributed by atoms with Gasteiger partial charge in [0.15, 0.2) is 11.5 Å². The Morgan fingerprint density at radius 3 is 2.48 bits per heavy atom. The topological polar surface area (TPSA) is 100 Å². The Kier molecular flexibility index (Phi) is 2.84. The largest absolute Gasteiger partial charge is 0.504 e. The molecule has 0 aliphatic rings. The number of phenolic OH excluding ortho intramolecular Hbond substituents is 3. The third-order valence-electron chi connectivity index (χ3n) is 3.16. The Balaban J connectivity index is 2.56. The molecule has 3 N–H and O–H groups in total. The lowest BCUT2D eigenvalue weighted by Crippen LogP contribution is -2.03. The van der Waals surface area contributed by atoms with Crippen LogP contribution < -0.4 is 10.2 Å². The zero-order valence-electron chi connectivity index (χ0n) is 10.7. The molecular weight excluding hydrogens is 300 g/mol. The van der Waals surface area contributed by atoms with Crippen molar-refractivity contribution in [2.75, 3.05) is 7.11 Å². The fourth-order valence-electron chi connectivity index (χ4n) is 2.13. The number of rotatable bonds is 1. The Morgan fingerprint density at radius 1 is 1.10 bits per heavy atom. The molecule has 3 aromatic rings. The normalized spacial score (nSPS) is 11.1. The summed E-state index contributed by atoms with van der Waals surface area (Å²) in [6.45, 7) is 0. The van der Waals surface area contributed by atoms with Gasteiger partial charge < -0.3 is 24.5 Å². The minimum atomic E-state index is -0.784. The third kappa shape index (κ3) is 1.84. The summed E-state index contributed by atoms with van der Waals surface area (Å²) in [5.74, 6) is -1.80. The van der Waals surface area contributed by atoms with Gasteiger partial charge in [-0.15, -0.1) is 0 Å². The van der Waals surface area contributed by atoms with Crippen LogP contribution in [0, 0.1) is 0 Å². The molecule has 0 bridgehead atoms. The number of hydrogen-bond acceptors (Lipinski definition) is 6. The fraction of sp³-hybridized carbons (Fsp3) is 0.0714. The molecule has 0 aliphatic heterocycles. The monoisotopic (exact) mass is 308 g/mol. The molecule has 108 valence electrons. The van der Waals surface area contributed by atoms with Gasteiger partial charge in [0.05, 0.1) is 17.5 Å². The maximum atomic E-state index is 12.4. The summed E-state index contributed by atoms with van der Waals surface area (Å²) >= 11 is 5.97. The standard InChI is InChI=1S/C14H9ClO6/c1-20-9-4-8-5(2-6(9)15)12(17)11-10(21-8)3-7(16)13(18)14(11)19/h2-4,16,18-19H,1H3. The molecule has 0 saturated heterocycles. The summed E-state index contributed by atoms with van der Waals surface area (Å²) in [4.78, 5) is 12.4. The van der Waals surface area contributed by atoms with Crippen LogP contribution >= 0.6 is 11.6 Å². The van der Waals surface area contributed by atoms with Gasteiger partial charge in [-0.2, -0.15) is 0 Å².